The van der Waals surface area contributed by atoms with Gasteiger partial charge in [-0.3, -0.25) is 9.69 Å². The first-order valence-corrected chi connectivity index (χ1v) is 9.75. The number of nitrogens with zero attached hydrogens (tertiary/aromatic N) is 5. The van der Waals surface area contributed by atoms with Gasteiger partial charge in [0.2, 0.25) is 0 Å². The molecule has 2 aliphatic rings. The molecule has 2 aromatic heterocycles. The molecule has 0 saturated carbocycles. The average molecular weight is 431 g/mol. The number of aryl methyl sites for hydroxylation is 1. The van der Waals surface area contributed by atoms with Crippen molar-refractivity contribution in [1.29, 1.82) is 0 Å². The standard InChI is InChI=1S/C15H19N5OS.C2HF3O2/c1-18-3-2-16-14(18)8-19-4-11-6-20(7-12(11)5-19)15(21)13-9-22-10-17-13;3-2(4,5)1(6)7/h2-3,9-12H,4-8H2,1H3;(H,6,7)/t11-,12+;. The number of imidazole rings is 1. The summed E-state index contributed by atoms with van der Waals surface area (Å²) in [6.45, 7) is 4.73. The summed E-state index contributed by atoms with van der Waals surface area (Å²) in [5, 5.41) is 8.96. The SMILES string of the molecule is Cn1ccnc1CN1C[C@@H]2CN(C(=O)c3cscn3)C[C@@H]2C1.O=C(O)C(F)(F)F. The van der Waals surface area contributed by atoms with Gasteiger partial charge in [-0.15, -0.1) is 11.3 Å². The van der Waals surface area contributed by atoms with Crippen LogP contribution in [0, 0.1) is 11.8 Å². The third-order valence-electron chi connectivity index (χ3n) is 5.03. The number of rotatable bonds is 3. The minimum absolute atomic E-state index is 0.0892. The molecule has 1 amide bonds. The minimum atomic E-state index is -5.08. The number of aromatic nitrogens is 3. The Morgan fingerprint density at radius 1 is 1.21 bits per heavy atom. The molecule has 158 valence electrons. The number of amides is 1. The number of thiazole rings is 1. The van der Waals surface area contributed by atoms with Crippen LogP contribution >= 0.6 is 11.3 Å². The molecule has 8 nitrogen and oxygen atoms in total. The van der Waals surface area contributed by atoms with E-state index in [4.69, 9.17) is 9.90 Å². The first-order valence-electron chi connectivity index (χ1n) is 8.81. The van der Waals surface area contributed by atoms with Crippen molar-refractivity contribution in [3.63, 3.8) is 0 Å². The molecule has 2 atom stereocenters. The van der Waals surface area contributed by atoms with E-state index in [-0.39, 0.29) is 5.91 Å². The van der Waals surface area contributed by atoms with Crippen LogP contribution < -0.4 is 0 Å². The molecule has 2 aliphatic heterocycles. The van der Waals surface area contributed by atoms with E-state index in [1.165, 1.54) is 11.3 Å². The third-order valence-corrected chi connectivity index (χ3v) is 5.62. The monoisotopic (exact) mass is 431 g/mol. The molecule has 4 rings (SSSR count). The summed E-state index contributed by atoms with van der Waals surface area (Å²) in [4.78, 5) is 34.2. The van der Waals surface area contributed by atoms with Crippen LogP contribution in [0.1, 0.15) is 16.3 Å². The van der Waals surface area contributed by atoms with E-state index in [1.807, 2.05) is 29.7 Å². The van der Waals surface area contributed by atoms with Crippen LogP contribution in [-0.4, -0.2) is 73.7 Å². The van der Waals surface area contributed by atoms with Gasteiger partial charge in [0.15, 0.2) is 0 Å². The Bertz CT molecular complexity index is 841. The topological polar surface area (TPSA) is 91.6 Å². The maximum atomic E-state index is 12.4. The number of hydrogen-bond donors (Lipinski definition) is 1. The fourth-order valence-electron chi connectivity index (χ4n) is 3.61. The van der Waals surface area contributed by atoms with Crippen LogP contribution in [0.3, 0.4) is 0 Å². The molecule has 0 aliphatic carbocycles. The highest BCUT2D eigenvalue weighted by molar-refractivity contribution is 7.07. The molecule has 2 aromatic rings. The van der Waals surface area contributed by atoms with Gasteiger partial charge in [0.05, 0.1) is 12.1 Å². The van der Waals surface area contributed by atoms with Gasteiger partial charge in [0, 0.05) is 51.0 Å². The second-order valence-corrected chi connectivity index (χ2v) is 7.77. The molecule has 2 saturated heterocycles. The Morgan fingerprint density at radius 3 is 2.28 bits per heavy atom. The van der Waals surface area contributed by atoms with Crippen molar-refractivity contribution in [2.45, 2.75) is 12.7 Å². The number of alkyl halides is 3. The number of halogens is 3. The van der Waals surface area contributed by atoms with Crippen molar-refractivity contribution in [2.24, 2.45) is 18.9 Å². The molecular formula is C17H20F3N5O3S. The van der Waals surface area contributed by atoms with Crippen molar-refractivity contribution < 1.29 is 27.9 Å². The summed E-state index contributed by atoms with van der Waals surface area (Å²) in [6, 6.07) is 0. The molecule has 2 fully saturated rings. The van der Waals surface area contributed by atoms with Gasteiger partial charge in [0.25, 0.3) is 5.91 Å². The molecule has 0 radical (unpaired) electrons. The smallest absolute Gasteiger partial charge is 0.475 e. The van der Waals surface area contributed by atoms with E-state index in [2.05, 4.69) is 19.4 Å². The van der Waals surface area contributed by atoms with E-state index in [0.717, 1.165) is 38.5 Å². The van der Waals surface area contributed by atoms with Gasteiger partial charge in [-0.05, 0) is 11.8 Å². The van der Waals surface area contributed by atoms with Crippen molar-refractivity contribution in [1.82, 2.24) is 24.3 Å². The lowest BCUT2D eigenvalue weighted by Crippen LogP contribution is -2.33. The summed E-state index contributed by atoms with van der Waals surface area (Å²) in [5.41, 5.74) is 2.31. The summed E-state index contributed by atoms with van der Waals surface area (Å²) >= 11 is 1.48. The maximum absolute atomic E-state index is 12.4. The lowest BCUT2D eigenvalue weighted by molar-refractivity contribution is -0.192. The Morgan fingerprint density at radius 2 is 1.83 bits per heavy atom. The Labute approximate surface area is 168 Å². The summed E-state index contributed by atoms with van der Waals surface area (Å²) in [5.74, 6) is -0.389. The molecule has 0 unspecified atom stereocenters. The van der Waals surface area contributed by atoms with Crippen molar-refractivity contribution in [2.75, 3.05) is 26.2 Å². The number of hydrogen-bond acceptors (Lipinski definition) is 6. The zero-order valence-electron chi connectivity index (χ0n) is 15.5. The second kappa shape index (κ2) is 8.49. The van der Waals surface area contributed by atoms with Crippen molar-refractivity contribution >= 4 is 23.2 Å². The number of fused-ring (bicyclic) bond motifs is 1. The van der Waals surface area contributed by atoms with E-state index in [1.54, 1.807) is 5.51 Å². The summed E-state index contributed by atoms with van der Waals surface area (Å²) in [7, 11) is 2.04. The second-order valence-electron chi connectivity index (χ2n) is 7.06. The average Bonchev–Trinajstić information content (AvgIpc) is 3.39. The van der Waals surface area contributed by atoms with Crippen LogP contribution in [0.5, 0.6) is 0 Å². The highest BCUT2D eigenvalue weighted by Crippen LogP contribution is 2.32. The largest absolute Gasteiger partial charge is 0.490 e. The first-order chi connectivity index (χ1) is 13.6. The van der Waals surface area contributed by atoms with Gasteiger partial charge in [0.1, 0.15) is 11.5 Å². The number of likely N-dealkylation sites (tertiary alicyclic amines) is 2. The van der Waals surface area contributed by atoms with Crippen molar-refractivity contribution in [3.05, 3.63) is 34.8 Å². The number of aliphatic carboxylic acids is 1. The molecule has 0 spiro atoms. The van der Waals surface area contributed by atoms with E-state index in [0.29, 0.717) is 17.5 Å². The predicted molar refractivity (Wildman–Crippen MR) is 97.2 cm³/mol. The van der Waals surface area contributed by atoms with Crippen LogP contribution in [0.15, 0.2) is 23.3 Å². The number of carbonyl (C=O) groups excluding carboxylic acids is 1. The molecule has 0 bridgehead atoms. The number of carboxylic acid groups (broad SMARTS) is 1. The lowest BCUT2D eigenvalue weighted by Gasteiger charge is -2.20. The number of carbonyl (C=O) groups is 2. The van der Waals surface area contributed by atoms with Crippen LogP contribution in [-0.2, 0) is 18.4 Å². The van der Waals surface area contributed by atoms with E-state index >= 15 is 0 Å². The van der Waals surface area contributed by atoms with Crippen LogP contribution in [0.4, 0.5) is 13.2 Å². The van der Waals surface area contributed by atoms with E-state index in [9.17, 15) is 18.0 Å². The first kappa shape index (κ1) is 21.2. The van der Waals surface area contributed by atoms with Gasteiger partial charge < -0.3 is 14.6 Å². The van der Waals surface area contributed by atoms with Gasteiger partial charge in [-0.25, -0.2) is 14.8 Å². The molecule has 1 N–H and O–H groups in total. The molecule has 12 heteroatoms. The molecule has 0 aromatic carbocycles. The fourth-order valence-corrected chi connectivity index (χ4v) is 4.14. The normalized spacial score (nSPS) is 21.6. The quantitative estimate of drug-likeness (QED) is 0.796. The molecule has 29 heavy (non-hydrogen) atoms. The van der Waals surface area contributed by atoms with Crippen molar-refractivity contribution in [3.8, 4) is 0 Å². The zero-order valence-corrected chi connectivity index (χ0v) is 16.4. The molecular weight excluding hydrogens is 411 g/mol. The van der Waals surface area contributed by atoms with Gasteiger partial charge in [-0.1, -0.05) is 0 Å². The highest BCUT2D eigenvalue weighted by atomic mass is 32.1. The minimum Gasteiger partial charge on any atom is -0.475 e. The number of carboxylic acids is 1. The summed E-state index contributed by atoms with van der Waals surface area (Å²) in [6.07, 6.45) is -1.25. The fraction of sp³-hybridized carbons (Fsp3) is 0.529. The van der Waals surface area contributed by atoms with Gasteiger partial charge >= 0.3 is 12.1 Å². The Balaban J connectivity index is 0.000000298. The predicted octanol–water partition coefficient (Wildman–Crippen LogP) is 1.71. The van der Waals surface area contributed by atoms with E-state index < -0.39 is 12.1 Å². The third kappa shape index (κ3) is 5.12. The highest BCUT2D eigenvalue weighted by Gasteiger charge is 2.42. The summed E-state index contributed by atoms with van der Waals surface area (Å²) < 4.78 is 33.8. The lowest BCUT2D eigenvalue weighted by atomic mass is 10.0. The Kier molecular flexibility index (Phi) is 6.22. The molecule has 4 heterocycles. The van der Waals surface area contributed by atoms with Crippen LogP contribution in [0.2, 0.25) is 0 Å². The Hall–Kier alpha value is -2.47. The van der Waals surface area contributed by atoms with Crippen LogP contribution in [0.25, 0.3) is 0 Å². The zero-order chi connectivity index (χ0) is 21.2. The maximum Gasteiger partial charge on any atom is 0.490 e. The van der Waals surface area contributed by atoms with Gasteiger partial charge in [-0.2, -0.15) is 13.2 Å².